The number of carbonyl (C=O) groups is 1. The molecule has 0 heterocycles. The second-order valence-corrected chi connectivity index (χ2v) is 8.10. The van der Waals surface area contributed by atoms with Crippen molar-refractivity contribution in [3.05, 3.63) is 52.5 Å². The van der Waals surface area contributed by atoms with Gasteiger partial charge in [-0.2, -0.15) is 0 Å². The van der Waals surface area contributed by atoms with Crippen LogP contribution in [0.4, 0.5) is 11.4 Å². The highest BCUT2D eigenvalue weighted by atomic mass is 35.5. The van der Waals surface area contributed by atoms with Gasteiger partial charge in [0, 0.05) is 19.0 Å². The summed E-state index contributed by atoms with van der Waals surface area (Å²) >= 11 is 12.0. The summed E-state index contributed by atoms with van der Waals surface area (Å²) in [4.78, 5) is 14.1. The van der Waals surface area contributed by atoms with E-state index in [0.717, 1.165) is 6.26 Å². The molecule has 2 rings (SSSR count). The number of anilines is 2. The van der Waals surface area contributed by atoms with Gasteiger partial charge in [-0.15, -0.1) is 0 Å². The van der Waals surface area contributed by atoms with Crippen molar-refractivity contribution in [3.63, 3.8) is 0 Å². The molecule has 2 aromatic rings. The van der Waals surface area contributed by atoms with E-state index in [4.69, 9.17) is 23.2 Å². The number of hydrogen-bond acceptors (Lipinski definition) is 4. The van der Waals surface area contributed by atoms with Crippen LogP contribution in [0, 0.1) is 0 Å². The molecule has 0 saturated carbocycles. The monoisotopic (exact) mass is 386 g/mol. The number of benzene rings is 2. The first-order valence-corrected chi connectivity index (χ1v) is 9.58. The molecule has 5 nitrogen and oxygen atoms in total. The topological polar surface area (TPSA) is 66.5 Å². The Morgan fingerprint density at radius 2 is 1.62 bits per heavy atom. The molecule has 1 N–H and O–H groups in total. The standard InChI is InChI=1S/C16H16Cl2N2O3S/c1-20(11-6-8-12(9-7-11)24(2,22)23)10-15(21)19-16-13(17)4-3-5-14(16)18/h3-9H,10H2,1-2H3,(H,19,21). The molecule has 1 amide bonds. The number of carbonyl (C=O) groups excluding carboxylic acids is 1. The maximum atomic E-state index is 12.2. The smallest absolute Gasteiger partial charge is 0.243 e. The SMILES string of the molecule is CN(CC(=O)Nc1c(Cl)cccc1Cl)c1ccc(S(C)(=O)=O)cc1. The molecule has 0 aliphatic rings. The normalized spacial score (nSPS) is 11.2. The zero-order valence-electron chi connectivity index (χ0n) is 13.1. The third-order valence-electron chi connectivity index (χ3n) is 3.31. The van der Waals surface area contributed by atoms with Crippen LogP contribution in [-0.2, 0) is 14.6 Å². The third kappa shape index (κ3) is 4.63. The Balaban J connectivity index is 2.06. The molecule has 24 heavy (non-hydrogen) atoms. The average molecular weight is 387 g/mol. The van der Waals surface area contributed by atoms with Crippen LogP contribution in [0.1, 0.15) is 0 Å². The van der Waals surface area contributed by atoms with Crippen LogP contribution < -0.4 is 10.2 Å². The van der Waals surface area contributed by atoms with Crippen LogP contribution in [-0.4, -0.2) is 34.2 Å². The fourth-order valence-corrected chi connectivity index (χ4v) is 3.17. The summed E-state index contributed by atoms with van der Waals surface area (Å²) in [6.45, 7) is 0.0553. The molecule has 0 aromatic heterocycles. The van der Waals surface area contributed by atoms with E-state index in [0.29, 0.717) is 21.4 Å². The van der Waals surface area contributed by atoms with Gasteiger partial charge in [0.25, 0.3) is 0 Å². The number of rotatable bonds is 5. The lowest BCUT2D eigenvalue weighted by molar-refractivity contribution is -0.114. The molecule has 0 aliphatic heterocycles. The predicted molar refractivity (Wildman–Crippen MR) is 97.9 cm³/mol. The van der Waals surface area contributed by atoms with Crippen molar-refractivity contribution in [2.24, 2.45) is 0 Å². The zero-order chi connectivity index (χ0) is 17.9. The number of nitrogens with one attached hydrogen (secondary N) is 1. The lowest BCUT2D eigenvalue weighted by Gasteiger charge is -2.19. The maximum Gasteiger partial charge on any atom is 0.243 e. The molecular weight excluding hydrogens is 371 g/mol. The van der Waals surface area contributed by atoms with E-state index in [-0.39, 0.29) is 17.3 Å². The van der Waals surface area contributed by atoms with Gasteiger partial charge >= 0.3 is 0 Å². The van der Waals surface area contributed by atoms with Crippen LogP contribution in [0.15, 0.2) is 47.4 Å². The Morgan fingerprint density at radius 3 is 2.12 bits per heavy atom. The molecule has 0 bridgehead atoms. The Morgan fingerprint density at radius 1 is 1.08 bits per heavy atom. The maximum absolute atomic E-state index is 12.2. The van der Waals surface area contributed by atoms with Gasteiger partial charge in [-0.3, -0.25) is 4.79 Å². The minimum Gasteiger partial charge on any atom is -0.365 e. The summed E-state index contributed by atoms with van der Waals surface area (Å²) in [5, 5.41) is 3.39. The molecule has 0 fully saturated rings. The molecule has 0 atom stereocenters. The van der Waals surface area contributed by atoms with Gasteiger partial charge in [-0.25, -0.2) is 8.42 Å². The van der Waals surface area contributed by atoms with E-state index in [9.17, 15) is 13.2 Å². The number of amides is 1. The van der Waals surface area contributed by atoms with Crippen molar-refractivity contribution in [2.45, 2.75) is 4.90 Å². The summed E-state index contributed by atoms with van der Waals surface area (Å²) in [6.07, 6.45) is 1.15. The Labute approximate surface area is 151 Å². The second-order valence-electron chi connectivity index (χ2n) is 5.27. The molecule has 0 radical (unpaired) electrons. The number of sulfone groups is 1. The highest BCUT2D eigenvalue weighted by Crippen LogP contribution is 2.29. The lowest BCUT2D eigenvalue weighted by Crippen LogP contribution is -2.30. The van der Waals surface area contributed by atoms with Gasteiger partial charge in [-0.1, -0.05) is 29.3 Å². The first kappa shape index (κ1) is 18.6. The Hall–Kier alpha value is -1.76. The van der Waals surface area contributed by atoms with Crippen LogP contribution in [0.3, 0.4) is 0 Å². The van der Waals surface area contributed by atoms with Gasteiger partial charge in [0.2, 0.25) is 5.91 Å². The predicted octanol–water partition coefficient (Wildman–Crippen LogP) is 3.47. The van der Waals surface area contributed by atoms with E-state index in [1.54, 1.807) is 42.3 Å². The van der Waals surface area contributed by atoms with Crippen molar-refractivity contribution >= 4 is 50.3 Å². The van der Waals surface area contributed by atoms with Gasteiger partial charge in [0.05, 0.1) is 27.2 Å². The highest BCUT2D eigenvalue weighted by molar-refractivity contribution is 7.90. The Bertz CT molecular complexity index is 832. The van der Waals surface area contributed by atoms with Crippen molar-refractivity contribution in [1.29, 1.82) is 0 Å². The van der Waals surface area contributed by atoms with Crippen LogP contribution in [0.25, 0.3) is 0 Å². The van der Waals surface area contributed by atoms with E-state index in [1.807, 2.05) is 0 Å². The first-order valence-electron chi connectivity index (χ1n) is 6.93. The number of para-hydroxylation sites is 1. The molecular formula is C16H16Cl2N2O3S. The molecule has 0 aliphatic carbocycles. The van der Waals surface area contributed by atoms with Gasteiger partial charge in [0.15, 0.2) is 9.84 Å². The van der Waals surface area contributed by atoms with Gasteiger partial charge in [0.1, 0.15) is 0 Å². The summed E-state index contributed by atoms with van der Waals surface area (Å²) < 4.78 is 22.9. The van der Waals surface area contributed by atoms with Gasteiger partial charge < -0.3 is 10.2 Å². The molecule has 2 aromatic carbocycles. The largest absolute Gasteiger partial charge is 0.365 e. The average Bonchev–Trinajstić information content (AvgIpc) is 2.50. The molecule has 8 heteroatoms. The summed E-state index contributed by atoms with van der Waals surface area (Å²) in [7, 11) is -1.52. The second kappa shape index (κ2) is 7.42. The van der Waals surface area contributed by atoms with Gasteiger partial charge in [-0.05, 0) is 36.4 Å². The fourth-order valence-electron chi connectivity index (χ4n) is 2.05. The quantitative estimate of drug-likeness (QED) is 0.853. The lowest BCUT2D eigenvalue weighted by atomic mass is 10.3. The minimum atomic E-state index is -3.25. The third-order valence-corrected chi connectivity index (χ3v) is 5.07. The molecule has 0 spiro atoms. The number of likely N-dealkylation sites (N-methyl/N-ethyl adjacent to an activating group) is 1. The minimum absolute atomic E-state index is 0.0553. The van der Waals surface area contributed by atoms with E-state index < -0.39 is 9.84 Å². The molecule has 0 saturated heterocycles. The first-order chi connectivity index (χ1) is 11.2. The van der Waals surface area contributed by atoms with E-state index in [1.165, 1.54) is 12.1 Å². The van der Waals surface area contributed by atoms with E-state index in [2.05, 4.69) is 5.32 Å². The van der Waals surface area contributed by atoms with Crippen molar-refractivity contribution in [1.82, 2.24) is 0 Å². The van der Waals surface area contributed by atoms with Crippen LogP contribution >= 0.6 is 23.2 Å². The van der Waals surface area contributed by atoms with Crippen molar-refractivity contribution < 1.29 is 13.2 Å². The highest BCUT2D eigenvalue weighted by Gasteiger charge is 2.13. The fraction of sp³-hybridized carbons (Fsp3) is 0.188. The van der Waals surface area contributed by atoms with Crippen LogP contribution in [0.5, 0.6) is 0 Å². The number of nitrogens with zero attached hydrogens (tertiary/aromatic N) is 1. The summed E-state index contributed by atoms with van der Waals surface area (Å²) in [5.41, 5.74) is 1.08. The zero-order valence-corrected chi connectivity index (χ0v) is 15.4. The van der Waals surface area contributed by atoms with Crippen molar-refractivity contribution in [3.8, 4) is 0 Å². The van der Waals surface area contributed by atoms with E-state index >= 15 is 0 Å². The number of hydrogen-bond donors (Lipinski definition) is 1. The Kier molecular flexibility index (Phi) is 5.74. The summed E-state index contributed by atoms with van der Waals surface area (Å²) in [6, 6.07) is 11.3. The molecule has 0 unspecified atom stereocenters. The number of halogens is 2. The van der Waals surface area contributed by atoms with Crippen molar-refractivity contribution in [2.75, 3.05) is 30.1 Å². The van der Waals surface area contributed by atoms with Crippen LogP contribution in [0.2, 0.25) is 10.0 Å². The summed E-state index contributed by atoms with van der Waals surface area (Å²) in [5.74, 6) is -0.292. The molecule has 128 valence electrons.